The molecule has 13 heteroatoms. The molecule has 2 amide bonds. The number of carbonyl (C=O) groups excluding carboxylic acids is 2. The first-order valence-corrected chi connectivity index (χ1v) is 16.8. The number of aryl methyl sites for hydroxylation is 2. The lowest BCUT2D eigenvalue weighted by atomic mass is 9.95. The molecule has 4 aromatic heterocycles. The summed E-state index contributed by atoms with van der Waals surface area (Å²) in [6.45, 7) is 4.22. The summed E-state index contributed by atoms with van der Waals surface area (Å²) in [5.41, 5.74) is 7.56. The second-order valence-corrected chi connectivity index (χ2v) is 12.7. The third-order valence-corrected chi connectivity index (χ3v) is 9.47. The zero-order valence-electron chi connectivity index (χ0n) is 27.6. The molecular formula is C37H35N11O2. The van der Waals surface area contributed by atoms with Crippen molar-refractivity contribution in [3.05, 3.63) is 120 Å². The van der Waals surface area contributed by atoms with Crippen LogP contribution in [0.2, 0.25) is 0 Å². The number of rotatable bonds is 8. The number of amides is 2. The number of hydrogen-bond acceptors (Lipinski definition) is 9. The molecule has 0 bridgehead atoms. The van der Waals surface area contributed by atoms with Gasteiger partial charge in [-0.15, -0.1) is 5.10 Å². The Morgan fingerprint density at radius 2 is 1.76 bits per heavy atom. The van der Waals surface area contributed by atoms with Crippen molar-refractivity contribution in [2.45, 2.75) is 51.6 Å². The van der Waals surface area contributed by atoms with E-state index in [2.05, 4.69) is 30.6 Å². The van der Waals surface area contributed by atoms with E-state index in [-0.39, 0.29) is 17.7 Å². The number of likely N-dealkylation sites (tertiary alicyclic amines) is 1. The lowest BCUT2D eigenvalue weighted by Crippen LogP contribution is -2.39. The molecule has 6 aromatic rings. The van der Waals surface area contributed by atoms with E-state index in [0.29, 0.717) is 42.1 Å². The summed E-state index contributed by atoms with van der Waals surface area (Å²) in [5.74, 6) is 0.753. The van der Waals surface area contributed by atoms with Gasteiger partial charge in [-0.3, -0.25) is 14.3 Å². The quantitative estimate of drug-likeness (QED) is 0.238. The molecule has 0 spiro atoms. The minimum Gasteiger partial charge on any atom is -0.338 e. The van der Waals surface area contributed by atoms with Crippen LogP contribution in [0.5, 0.6) is 0 Å². The number of nitrogens with one attached hydrogen (secondary N) is 1. The number of fused-ring (bicyclic) bond motifs is 1. The van der Waals surface area contributed by atoms with Crippen LogP contribution < -0.4 is 5.32 Å². The van der Waals surface area contributed by atoms with E-state index in [1.807, 2.05) is 77.3 Å². The third-order valence-electron chi connectivity index (χ3n) is 9.47. The van der Waals surface area contributed by atoms with Crippen LogP contribution >= 0.6 is 0 Å². The number of hydrogen-bond donors (Lipinski definition) is 1. The van der Waals surface area contributed by atoms with E-state index in [9.17, 15) is 9.59 Å². The monoisotopic (exact) mass is 665 g/mol. The van der Waals surface area contributed by atoms with Crippen LogP contribution in [0.3, 0.4) is 0 Å². The minimum absolute atomic E-state index is 0.00523. The average Bonchev–Trinajstić information content (AvgIpc) is 3.90. The van der Waals surface area contributed by atoms with Crippen molar-refractivity contribution in [2.75, 3.05) is 18.4 Å². The average molecular weight is 666 g/mol. The molecule has 0 atom stereocenters. The second kappa shape index (κ2) is 13.4. The van der Waals surface area contributed by atoms with Gasteiger partial charge < -0.3 is 10.2 Å². The molecule has 0 saturated carbocycles. The molecule has 2 aliphatic rings. The molecule has 2 aliphatic heterocycles. The number of para-hydroxylation sites is 1. The zero-order valence-corrected chi connectivity index (χ0v) is 27.6. The largest absolute Gasteiger partial charge is 0.338 e. The van der Waals surface area contributed by atoms with Gasteiger partial charge in [-0.2, -0.15) is 5.10 Å². The SMILES string of the molecule is Cc1ccc(-c2cn(Cc3nn4c(c3C(=O)N3CCC(c5nccc(-c6cncnc6)n5)CC3)CCC4)nn2)cc1C(=O)Nc1ccccc1. The van der Waals surface area contributed by atoms with Gasteiger partial charge in [0.1, 0.15) is 17.8 Å². The molecule has 50 heavy (non-hydrogen) atoms. The molecule has 1 N–H and O–H groups in total. The molecule has 1 saturated heterocycles. The molecule has 8 rings (SSSR count). The predicted octanol–water partition coefficient (Wildman–Crippen LogP) is 4.96. The first kappa shape index (κ1) is 31.2. The third kappa shape index (κ3) is 6.25. The Hall–Kier alpha value is -6.11. The molecule has 6 heterocycles. The molecule has 0 aliphatic carbocycles. The maximum absolute atomic E-state index is 14.1. The highest BCUT2D eigenvalue weighted by atomic mass is 16.2. The Kier molecular flexibility index (Phi) is 8.37. The van der Waals surface area contributed by atoms with E-state index < -0.39 is 0 Å². The van der Waals surface area contributed by atoms with Crippen molar-refractivity contribution in [1.82, 2.24) is 49.6 Å². The van der Waals surface area contributed by atoms with Crippen molar-refractivity contribution in [2.24, 2.45) is 0 Å². The molecule has 13 nitrogen and oxygen atoms in total. The van der Waals surface area contributed by atoms with Gasteiger partial charge >= 0.3 is 0 Å². The summed E-state index contributed by atoms with van der Waals surface area (Å²) in [7, 11) is 0. The van der Waals surface area contributed by atoms with E-state index >= 15 is 0 Å². The van der Waals surface area contributed by atoms with Crippen molar-refractivity contribution in [3.8, 4) is 22.5 Å². The van der Waals surface area contributed by atoms with E-state index in [4.69, 9.17) is 10.1 Å². The Morgan fingerprint density at radius 3 is 2.58 bits per heavy atom. The molecule has 0 radical (unpaired) electrons. The highest BCUT2D eigenvalue weighted by molar-refractivity contribution is 6.06. The highest BCUT2D eigenvalue weighted by Gasteiger charge is 2.33. The maximum Gasteiger partial charge on any atom is 0.257 e. The maximum atomic E-state index is 14.1. The standard InChI is InChI=1S/C37H35N11O2/c1-24-9-10-26(18-29(24)36(49)41-28-6-3-2-4-7-28)31-21-47(45-43-31)22-32-34(33-8-5-15-48(33)44-32)37(50)46-16-12-25(13-17-46)35-40-14-11-30(42-35)27-19-38-23-39-20-27/h2-4,6-7,9-11,14,18-21,23,25H,5,8,12-13,15-17,22H2,1H3,(H,41,49). The minimum atomic E-state index is -0.189. The predicted molar refractivity (Wildman–Crippen MR) is 185 cm³/mol. The normalized spacial score (nSPS) is 14.5. The van der Waals surface area contributed by atoms with Crippen LogP contribution in [0, 0.1) is 6.92 Å². The lowest BCUT2D eigenvalue weighted by Gasteiger charge is -2.31. The van der Waals surface area contributed by atoms with Gasteiger partial charge in [0, 0.05) is 66.5 Å². The van der Waals surface area contributed by atoms with Gasteiger partial charge in [-0.05, 0) is 62.4 Å². The molecule has 0 unspecified atom stereocenters. The summed E-state index contributed by atoms with van der Waals surface area (Å²) in [5, 5.41) is 16.6. The topological polar surface area (TPSA) is 150 Å². The van der Waals surface area contributed by atoms with Gasteiger partial charge in [0.25, 0.3) is 11.8 Å². The first-order chi connectivity index (χ1) is 24.5. The van der Waals surface area contributed by atoms with Crippen molar-refractivity contribution in [3.63, 3.8) is 0 Å². The summed E-state index contributed by atoms with van der Waals surface area (Å²) in [6.07, 6.45) is 11.9. The Balaban J connectivity index is 0.974. The van der Waals surface area contributed by atoms with Gasteiger partial charge in [0.05, 0.1) is 35.4 Å². The summed E-state index contributed by atoms with van der Waals surface area (Å²) in [4.78, 5) is 46.8. The van der Waals surface area contributed by atoms with Crippen molar-refractivity contribution >= 4 is 17.5 Å². The van der Waals surface area contributed by atoms with Crippen LogP contribution in [-0.2, 0) is 19.5 Å². The summed E-state index contributed by atoms with van der Waals surface area (Å²) in [6, 6.07) is 16.9. The molecule has 2 aromatic carbocycles. The molecule has 250 valence electrons. The second-order valence-electron chi connectivity index (χ2n) is 12.7. The summed E-state index contributed by atoms with van der Waals surface area (Å²) < 4.78 is 3.68. The van der Waals surface area contributed by atoms with Crippen molar-refractivity contribution in [1.29, 1.82) is 0 Å². The van der Waals surface area contributed by atoms with Crippen LogP contribution in [0.4, 0.5) is 5.69 Å². The first-order valence-electron chi connectivity index (χ1n) is 16.8. The van der Waals surface area contributed by atoms with Crippen molar-refractivity contribution < 1.29 is 9.59 Å². The fraction of sp³-hybridized carbons (Fsp3) is 0.270. The number of aromatic nitrogens is 9. The van der Waals surface area contributed by atoms with Crippen LogP contribution in [0.15, 0.2) is 85.7 Å². The Morgan fingerprint density at radius 1 is 0.940 bits per heavy atom. The summed E-state index contributed by atoms with van der Waals surface area (Å²) >= 11 is 0. The van der Waals surface area contributed by atoms with E-state index in [0.717, 1.165) is 71.8 Å². The van der Waals surface area contributed by atoms with Crippen LogP contribution in [0.25, 0.3) is 22.5 Å². The number of anilines is 1. The molecule has 1 fully saturated rings. The van der Waals surface area contributed by atoms with Gasteiger partial charge in [-0.25, -0.2) is 24.6 Å². The van der Waals surface area contributed by atoms with Crippen LogP contribution in [-0.4, -0.2) is 74.5 Å². The zero-order chi connectivity index (χ0) is 34.0. The lowest BCUT2D eigenvalue weighted by molar-refractivity contribution is 0.0708. The van der Waals surface area contributed by atoms with Gasteiger partial charge in [0.2, 0.25) is 0 Å². The number of benzene rings is 2. The highest BCUT2D eigenvalue weighted by Crippen LogP contribution is 2.31. The van der Waals surface area contributed by atoms with E-state index in [1.165, 1.54) is 6.33 Å². The fourth-order valence-corrected chi connectivity index (χ4v) is 6.81. The number of piperidine rings is 1. The molecular weight excluding hydrogens is 630 g/mol. The number of nitrogens with zero attached hydrogens (tertiary/aromatic N) is 10. The van der Waals surface area contributed by atoms with Gasteiger partial charge in [0.15, 0.2) is 0 Å². The van der Waals surface area contributed by atoms with Gasteiger partial charge in [-0.1, -0.05) is 35.5 Å². The van der Waals surface area contributed by atoms with E-state index in [1.54, 1.807) is 23.3 Å². The smallest absolute Gasteiger partial charge is 0.257 e. The number of carbonyl (C=O) groups is 2. The Labute approximate surface area is 288 Å². The van der Waals surface area contributed by atoms with Crippen LogP contribution in [0.1, 0.15) is 68.7 Å². The fourth-order valence-electron chi connectivity index (χ4n) is 6.81. The Bertz CT molecular complexity index is 2170.